The van der Waals surface area contributed by atoms with Gasteiger partial charge in [0.1, 0.15) is 5.60 Å². The van der Waals surface area contributed by atoms with E-state index in [-0.39, 0.29) is 18.0 Å². The maximum Gasteiger partial charge on any atom is 0.166 e. The van der Waals surface area contributed by atoms with E-state index < -0.39 is 0 Å². The Morgan fingerprint density at radius 3 is 2.35 bits per heavy atom. The molecule has 1 aromatic rings. The van der Waals surface area contributed by atoms with Crippen molar-refractivity contribution in [3.05, 3.63) is 16.7 Å². The topological polar surface area (TPSA) is 44.5 Å². The molecule has 0 unspecified atom stereocenters. The van der Waals surface area contributed by atoms with Gasteiger partial charge in [0.2, 0.25) is 0 Å². The van der Waals surface area contributed by atoms with Crippen LogP contribution >= 0.6 is 12.4 Å². The fourth-order valence-corrected chi connectivity index (χ4v) is 2.35. The van der Waals surface area contributed by atoms with Crippen LogP contribution in [0.5, 0.6) is 11.5 Å². The van der Waals surface area contributed by atoms with Crippen LogP contribution in [-0.4, -0.2) is 12.7 Å². The average molecular weight is 258 g/mol. The molecule has 1 aliphatic heterocycles. The lowest BCUT2D eigenvalue weighted by Crippen LogP contribution is -2.24. The second-order valence-corrected chi connectivity index (χ2v) is 5.04. The van der Waals surface area contributed by atoms with E-state index in [0.717, 1.165) is 34.7 Å². The molecule has 0 atom stereocenters. The molecule has 96 valence electrons. The zero-order chi connectivity index (χ0) is 12.1. The van der Waals surface area contributed by atoms with Crippen molar-refractivity contribution in [3.63, 3.8) is 0 Å². The summed E-state index contributed by atoms with van der Waals surface area (Å²) in [6.07, 6.45) is 0.884. The molecule has 0 aromatic heterocycles. The molecule has 17 heavy (non-hydrogen) atoms. The van der Waals surface area contributed by atoms with Crippen LogP contribution < -0.4 is 15.2 Å². The van der Waals surface area contributed by atoms with E-state index in [9.17, 15) is 0 Å². The van der Waals surface area contributed by atoms with Gasteiger partial charge in [-0.3, -0.25) is 0 Å². The van der Waals surface area contributed by atoms with Crippen LogP contribution in [-0.2, 0) is 6.42 Å². The molecule has 0 amide bonds. The summed E-state index contributed by atoms with van der Waals surface area (Å²) < 4.78 is 11.4. The highest BCUT2D eigenvalue weighted by Crippen LogP contribution is 2.47. The Labute approximate surface area is 109 Å². The summed E-state index contributed by atoms with van der Waals surface area (Å²) in [7, 11) is 1.66. The molecule has 0 saturated carbocycles. The van der Waals surface area contributed by atoms with Gasteiger partial charge in [0.05, 0.1) is 7.11 Å². The molecular formula is C13H20ClNO2. The third-order valence-corrected chi connectivity index (χ3v) is 3.27. The van der Waals surface area contributed by atoms with Crippen LogP contribution in [0.15, 0.2) is 0 Å². The average Bonchev–Trinajstić information content (AvgIpc) is 2.52. The molecule has 0 spiro atoms. The summed E-state index contributed by atoms with van der Waals surface area (Å²) in [5, 5.41) is 0. The SMILES string of the molecule is COc1c(C)c(N)c(C)c2c1OC(C)(C)C2.Cl. The molecule has 2 rings (SSSR count). The number of fused-ring (bicyclic) bond motifs is 1. The third kappa shape index (κ3) is 2.04. The van der Waals surface area contributed by atoms with Gasteiger partial charge in [0.25, 0.3) is 0 Å². The summed E-state index contributed by atoms with van der Waals surface area (Å²) >= 11 is 0. The number of nitrogens with two attached hydrogens (primary N) is 1. The van der Waals surface area contributed by atoms with Crippen molar-refractivity contribution in [3.8, 4) is 11.5 Å². The zero-order valence-corrected chi connectivity index (χ0v) is 11.8. The smallest absolute Gasteiger partial charge is 0.166 e. The first kappa shape index (κ1) is 14.0. The van der Waals surface area contributed by atoms with Crippen LogP contribution in [0.3, 0.4) is 0 Å². The van der Waals surface area contributed by atoms with Gasteiger partial charge < -0.3 is 15.2 Å². The van der Waals surface area contributed by atoms with Gasteiger partial charge in [-0.2, -0.15) is 0 Å². The highest BCUT2D eigenvalue weighted by atomic mass is 35.5. The number of benzene rings is 1. The number of hydrogen-bond acceptors (Lipinski definition) is 3. The predicted molar refractivity (Wildman–Crippen MR) is 72.5 cm³/mol. The first-order valence-corrected chi connectivity index (χ1v) is 5.52. The van der Waals surface area contributed by atoms with Crippen LogP contribution in [0, 0.1) is 13.8 Å². The largest absolute Gasteiger partial charge is 0.492 e. The van der Waals surface area contributed by atoms with Gasteiger partial charge in [0.15, 0.2) is 11.5 Å². The standard InChI is InChI=1S/C13H19NO2.ClH/c1-7-9-6-13(3,4)16-12(9)11(15-5)8(2)10(7)14;/h6,14H2,1-5H3;1H. The normalized spacial score (nSPS) is 15.8. The van der Waals surface area contributed by atoms with Gasteiger partial charge in [-0.05, 0) is 33.3 Å². The van der Waals surface area contributed by atoms with E-state index in [1.165, 1.54) is 5.56 Å². The maximum atomic E-state index is 6.08. The number of ether oxygens (including phenoxy) is 2. The minimum absolute atomic E-state index is 0. The Bertz CT molecular complexity index is 455. The number of rotatable bonds is 1. The minimum Gasteiger partial charge on any atom is -0.492 e. The lowest BCUT2D eigenvalue weighted by Gasteiger charge is -2.18. The van der Waals surface area contributed by atoms with Gasteiger partial charge in [-0.15, -0.1) is 12.4 Å². The molecular weight excluding hydrogens is 238 g/mol. The Morgan fingerprint density at radius 2 is 1.82 bits per heavy atom. The van der Waals surface area contributed by atoms with Crippen molar-refractivity contribution in [2.45, 2.75) is 39.7 Å². The van der Waals surface area contributed by atoms with Crippen molar-refractivity contribution in [2.75, 3.05) is 12.8 Å². The van der Waals surface area contributed by atoms with Crippen LogP contribution in [0.25, 0.3) is 0 Å². The van der Waals surface area contributed by atoms with Crippen molar-refractivity contribution in [1.29, 1.82) is 0 Å². The number of nitrogen functional groups attached to an aromatic ring is 1. The van der Waals surface area contributed by atoms with Gasteiger partial charge >= 0.3 is 0 Å². The molecule has 4 heteroatoms. The molecule has 0 saturated heterocycles. The van der Waals surface area contributed by atoms with E-state index in [4.69, 9.17) is 15.2 Å². The van der Waals surface area contributed by atoms with E-state index in [0.29, 0.717) is 0 Å². The van der Waals surface area contributed by atoms with Gasteiger partial charge in [-0.25, -0.2) is 0 Å². The van der Waals surface area contributed by atoms with Crippen molar-refractivity contribution < 1.29 is 9.47 Å². The van der Waals surface area contributed by atoms with E-state index in [1.807, 2.05) is 13.8 Å². The maximum absolute atomic E-state index is 6.08. The van der Waals surface area contributed by atoms with Crippen molar-refractivity contribution in [2.24, 2.45) is 0 Å². The van der Waals surface area contributed by atoms with E-state index >= 15 is 0 Å². The van der Waals surface area contributed by atoms with Crippen LogP contribution in [0.1, 0.15) is 30.5 Å². The summed E-state index contributed by atoms with van der Waals surface area (Å²) in [6, 6.07) is 0. The number of halogens is 1. The lowest BCUT2D eigenvalue weighted by molar-refractivity contribution is 0.134. The fourth-order valence-electron chi connectivity index (χ4n) is 2.35. The summed E-state index contributed by atoms with van der Waals surface area (Å²) in [5.74, 6) is 1.65. The fraction of sp³-hybridized carbons (Fsp3) is 0.538. The van der Waals surface area contributed by atoms with Gasteiger partial charge in [0, 0.05) is 23.2 Å². The molecule has 0 radical (unpaired) electrons. The van der Waals surface area contributed by atoms with E-state index in [2.05, 4.69) is 13.8 Å². The highest BCUT2D eigenvalue weighted by molar-refractivity contribution is 5.85. The summed E-state index contributed by atoms with van der Waals surface area (Å²) in [4.78, 5) is 0. The molecule has 1 aliphatic rings. The molecule has 2 N–H and O–H groups in total. The van der Waals surface area contributed by atoms with E-state index in [1.54, 1.807) is 7.11 Å². The first-order valence-electron chi connectivity index (χ1n) is 5.52. The second-order valence-electron chi connectivity index (χ2n) is 5.04. The Hall–Kier alpha value is -1.09. The second kappa shape index (κ2) is 4.30. The molecule has 0 aliphatic carbocycles. The Kier molecular flexibility index (Phi) is 3.53. The minimum atomic E-state index is -0.166. The molecule has 1 heterocycles. The molecule has 0 bridgehead atoms. The van der Waals surface area contributed by atoms with Crippen LogP contribution in [0.4, 0.5) is 5.69 Å². The predicted octanol–water partition coefficient (Wildman–Crippen LogP) is 3.03. The zero-order valence-electron chi connectivity index (χ0n) is 11.0. The molecule has 1 aromatic carbocycles. The number of anilines is 1. The Morgan fingerprint density at radius 1 is 1.24 bits per heavy atom. The monoisotopic (exact) mass is 257 g/mol. The quantitative estimate of drug-likeness (QED) is 0.787. The number of hydrogen-bond donors (Lipinski definition) is 1. The molecule has 0 fully saturated rings. The number of methoxy groups -OCH3 is 1. The highest BCUT2D eigenvalue weighted by Gasteiger charge is 2.35. The summed E-state index contributed by atoms with van der Waals surface area (Å²) in [5.41, 5.74) is 10.0. The lowest BCUT2D eigenvalue weighted by atomic mass is 9.95. The Balaban J connectivity index is 0.00000144. The van der Waals surface area contributed by atoms with Crippen molar-refractivity contribution >= 4 is 18.1 Å². The first-order chi connectivity index (χ1) is 7.37. The van der Waals surface area contributed by atoms with Gasteiger partial charge in [-0.1, -0.05) is 0 Å². The molecule has 3 nitrogen and oxygen atoms in total. The van der Waals surface area contributed by atoms with Crippen molar-refractivity contribution in [1.82, 2.24) is 0 Å². The summed E-state index contributed by atoms with van der Waals surface area (Å²) in [6.45, 7) is 8.18. The third-order valence-electron chi connectivity index (χ3n) is 3.27. The van der Waals surface area contributed by atoms with Crippen LogP contribution in [0.2, 0.25) is 0 Å².